The largest absolute Gasteiger partial charge is 0.280 e. The lowest BCUT2D eigenvalue weighted by atomic mass is 10.2. The van der Waals surface area contributed by atoms with Gasteiger partial charge in [-0.15, -0.1) is 0 Å². The van der Waals surface area contributed by atoms with Gasteiger partial charge < -0.3 is 0 Å². The maximum absolute atomic E-state index is 12.2. The molecule has 19 heavy (non-hydrogen) atoms. The molecule has 1 N–H and O–H groups in total. The van der Waals surface area contributed by atoms with Crippen LogP contribution in [-0.4, -0.2) is 8.42 Å². The van der Waals surface area contributed by atoms with E-state index in [4.69, 9.17) is 23.2 Å². The van der Waals surface area contributed by atoms with Gasteiger partial charge in [-0.05, 0) is 31.2 Å². The molecule has 3 nitrogen and oxygen atoms in total. The van der Waals surface area contributed by atoms with Crippen LogP contribution in [0.15, 0.2) is 47.4 Å². The number of rotatable bonds is 3. The summed E-state index contributed by atoms with van der Waals surface area (Å²) in [5.74, 6) is 0. The first-order valence-corrected chi connectivity index (χ1v) is 7.67. The topological polar surface area (TPSA) is 46.2 Å². The molecular formula is C13H11Cl2NO2S. The van der Waals surface area contributed by atoms with Crippen LogP contribution in [0.5, 0.6) is 0 Å². The van der Waals surface area contributed by atoms with Crippen molar-refractivity contribution in [2.45, 2.75) is 11.8 Å². The number of aryl methyl sites for hydroxylation is 1. The molecule has 0 bridgehead atoms. The molecule has 0 saturated heterocycles. The van der Waals surface area contributed by atoms with Gasteiger partial charge in [-0.1, -0.05) is 47.0 Å². The monoisotopic (exact) mass is 315 g/mol. The molecule has 0 atom stereocenters. The molecule has 0 radical (unpaired) electrons. The van der Waals surface area contributed by atoms with Crippen molar-refractivity contribution in [3.05, 3.63) is 58.1 Å². The third-order valence-electron chi connectivity index (χ3n) is 2.49. The van der Waals surface area contributed by atoms with Crippen LogP contribution in [0.2, 0.25) is 10.0 Å². The van der Waals surface area contributed by atoms with Crippen LogP contribution in [0.25, 0.3) is 0 Å². The molecule has 0 aliphatic heterocycles. The summed E-state index contributed by atoms with van der Waals surface area (Å²) in [6, 6.07) is 11.5. The minimum atomic E-state index is -3.80. The Labute approximate surface area is 122 Å². The number of benzene rings is 2. The van der Waals surface area contributed by atoms with E-state index in [0.29, 0.717) is 5.69 Å². The van der Waals surface area contributed by atoms with Crippen LogP contribution in [0, 0.1) is 6.92 Å². The summed E-state index contributed by atoms with van der Waals surface area (Å²) < 4.78 is 26.9. The summed E-state index contributed by atoms with van der Waals surface area (Å²) in [6.45, 7) is 1.92. The zero-order chi connectivity index (χ0) is 14.0. The standard InChI is InChI=1S/C13H11Cl2NO2S/c1-9-5-7-10(8-6-9)16-19(17,18)13-11(14)3-2-4-12(13)15/h2-8,16H,1H3. The molecule has 2 rings (SSSR count). The predicted molar refractivity (Wildman–Crippen MR) is 78.4 cm³/mol. The van der Waals surface area contributed by atoms with Crippen LogP contribution in [0.4, 0.5) is 5.69 Å². The Morgan fingerprint density at radius 1 is 0.947 bits per heavy atom. The van der Waals surface area contributed by atoms with Gasteiger partial charge in [0.05, 0.1) is 10.0 Å². The summed E-state index contributed by atoms with van der Waals surface area (Å²) >= 11 is 11.8. The van der Waals surface area contributed by atoms with Crippen LogP contribution >= 0.6 is 23.2 Å². The normalized spacial score (nSPS) is 11.3. The molecule has 0 fully saturated rings. The first-order chi connectivity index (χ1) is 8.90. The zero-order valence-corrected chi connectivity index (χ0v) is 12.4. The molecule has 0 aliphatic carbocycles. The highest BCUT2D eigenvalue weighted by molar-refractivity contribution is 7.93. The third-order valence-corrected chi connectivity index (χ3v) is 4.83. The van der Waals surface area contributed by atoms with Crippen molar-refractivity contribution in [2.75, 3.05) is 4.72 Å². The van der Waals surface area contributed by atoms with E-state index in [1.807, 2.05) is 19.1 Å². The molecule has 6 heteroatoms. The van der Waals surface area contributed by atoms with Gasteiger partial charge in [-0.3, -0.25) is 4.72 Å². The summed E-state index contributed by atoms with van der Waals surface area (Å²) in [5, 5.41) is 0.180. The van der Waals surface area contributed by atoms with Crippen molar-refractivity contribution in [1.82, 2.24) is 0 Å². The fraction of sp³-hybridized carbons (Fsp3) is 0.0769. The van der Waals surface area contributed by atoms with Crippen LogP contribution in [-0.2, 0) is 10.0 Å². The highest BCUT2D eigenvalue weighted by Crippen LogP contribution is 2.30. The predicted octanol–water partition coefficient (Wildman–Crippen LogP) is 4.10. The van der Waals surface area contributed by atoms with E-state index in [-0.39, 0.29) is 14.9 Å². The fourth-order valence-corrected chi connectivity index (χ4v) is 3.77. The Morgan fingerprint density at radius 3 is 2.00 bits per heavy atom. The highest BCUT2D eigenvalue weighted by Gasteiger charge is 2.21. The van der Waals surface area contributed by atoms with Gasteiger partial charge in [0.25, 0.3) is 10.0 Å². The van der Waals surface area contributed by atoms with Gasteiger partial charge >= 0.3 is 0 Å². The van der Waals surface area contributed by atoms with Crippen LogP contribution in [0.1, 0.15) is 5.56 Å². The SMILES string of the molecule is Cc1ccc(NS(=O)(=O)c2c(Cl)cccc2Cl)cc1. The Morgan fingerprint density at radius 2 is 1.47 bits per heavy atom. The van der Waals surface area contributed by atoms with Gasteiger partial charge in [-0.25, -0.2) is 8.42 Å². The van der Waals surface area contributed by atoms with Crippen LogP contribution in [0.3, 0.4) is 0 Å². The number of hydrogen-bond donors (Lipinski definition) is 1. The molecular weight excluding hydrogens is 305 g/mol. The lowest BCUT2D eigenvalue weighted by molar-refractivity contribution is 0.601. The van der Waals surface area contributed by atoms with E-state index < -0.39 is 10.0 Å². The van der Waals surface area contributed by atoms with E-state index in [1.165, 1.54) is 12.1 Å². The smallest absolute Gasteiger partial charge is 0.264 e. The zero-order valence-electron chi connectivity index (χ0n) is 10.0. The highest BCUT2D eigenvalue weighted by atomic mass is 35.5. The molecule has 0 unspecified atom stereocenters. The summed E-state index contributed by atoms with van der Waals surface area (Å²) in [4.78, 5) is -0.112. The minimum absolute atomic E-state index is 0.0899. The van der Waals surface area contributed by atoms with E-state index in [1.54, 1.807) is 18.2 Å². The molecule has 0 amide bonds. The molecule has 0 aromatic heterocycles. The van der Waals surface area contributed by atoms with E-state index in [9.17, 15) is 8.42 Å². The molecule has 100 valence electrons. The first-order valence-electron chi connectivity index (χ1n) is 5.43. The van der Waals surface area contributed by atoms with Crippen molar-refractivity contribution in [3.8, 4) is 0 Å². The van der Waals surface area contributed by atoms with Crippen molar-refractivity contribution >= 4 is 38.9 Å². The molecule has 0 aliphatic rings. The Hall–Kier alpha value is -1.23. The minimum Gasteiger partial charge on any atom is -0.280 e. The first kappa shape index (κ1) is 14.2. The van der Waals surface area contributed by atoms with E-state index >= 15 is 0 Å². The number of anilines is 1. The maximum Gasteiger partial charge on any atom is 0.264 e. The second-order valence-electron chi connectivity index (χ2n) is 4.02. The van der Waals surface area contributed by atoms with Gasteiger partial charge in [0, 0.05) is 5.69 Å². The maximum atomic E-state index is 12.2. The third kappa shape index (κ3) is 3.21. The summed E-state index contributed by atoms with van der Waals surface area (Å²) in [5.41, 5.74) is 1.50. The number of sulfonamides is 1. The molecule has 2 aromatic rings. The van der Waals surface area contributed by atoms with Crippen molar-refractivity contribution < 1.29 is 8.42 Å². The Bertz CT molecular complexity index is 677. The average molecular weight is 316 g/mol. The molecule has 2 aromatic carbocycles. The summed E-state index contributed by atoms with van der Waals surface area (Å²) in [7, 11) is -3.80. The molecule has 0 spiro atoms. The Kier molecular flexibility index (Phi) is 4.04. The van der Waals surface area contributed by atoms with Crippen molar-refractivity contribution in [1.29, 1.82) is 0 Å². The second kappa shape index (κ2) is 5.41. The molecule has 0 heterocycles. The lowest BCUT2D eigenvalue weighted by Gasteiger charge is -2.11. The van der Waals surface area contributed by atoms with Crippen LogP contribution < -0.4 is 4.72 Å². The number of hydrogen-bond acceptors (Lipinski definition) is 2. The summed E-state index contributed by atoms with van der Waals surface area (Å²) in [6.07, 6.45) is 0. The average Bonchev–Trinajstić information content (AvgIpc) is 2.31. The van der Waals surface area contributed by atoms with Crippen molar-refractivity contribution in [2.24, 2.45) is 0 Å². The lowest BCUT2D eigenvalue weighted by Crippen LogP contribution is -2.14. The second-order valence-corrected chi connectivity index (χ2v) is 6.46. The Balaban J connectivity index is 2.41. The number of halogens is 2. The van der Waals surface area contributed by atoms with Crippen molar-refractivity contribution in [3.63, 3.8) is 0 Å². The van der Waals surface area contributed by atoms with Gasteiger partial charge in [0.15, 0.2) is 0 Å². The quantitative estimate of drug-likeness (QED) is 0.926. The fourth-order valence-electron chi connectivity index (χ4n) is 1.57. The van der Waals surface area contributed by atoms with E-state index in [2.05, 4.69) is 4.72 Å². The molecule has 0 saturated carbocycles. The van der Waals surface area contributed by atoms with Gasteiger partial charge in [-0.2, -0.15) is 0 Å². The van der Waals surface area contributed by atoms with Gasteiger partial charge in [0.1, 0.15) is 4.90 Å². The van der Waals surface area contributed by atoms with E-state index in [0.717, 1.165) is 5.56 Å². The number of nitrogens with one attached hydrogen (secondary N) is 1. The van der Waals surface area contributed by atoms with Gasteiger partial charge in [0.2, 0.25) is 0 Å².